The molecule has 30 heavy (non-hydrogen) atoms. The quantitative estimate of drug-likeness (QED) is 0.321. The van der Waals surface area contributed by atoms with E-state index >= 15 is 0 Å². The van der Waals surface area contributed by atoms with E-state index in [4.69, 9.17) is 0 Å². The van der Waals surface area contributed by atoms with Crippen LogP contribution < -0.4 is 0 Å². The van der Waals surface area contributed by atoms with Crippen molar-refractivity contribution in [2.45, 2.75) is 25.8 Å². The molecule has 5 rings (SSSR count). The summed E-state index contributed by atoms with van der Waals surface area (Å²) in [5, 5.41) is 0. The molecule has 0 aromatic heterocycles. The fourth-order valence-electron chi connectivity index (χ4n) is 4.93. The Morgan fingerprint density at radius 3 is 2.13 bits per heavy atom. The lowest BCUT2D eigenvalue weighted by Gasteiger charge is -2.24. The molecule has 0 bridgehead atoms. The van der Waals surface area contributed by atoms with Gasteiger partial charge in [-0.3, -0.25) is 4.99 Å². The maximum Gasteiger partial charge on any atom is 0.0632 e. The number of rotatable bonds is 4. The molecule has 0 spiro atoms. The topological polar surface area (TPSA) is 12.4 Å². The summed E-state index contributed by atoms with van der Waals surface area (Å²) in [6.45, 7) is 8.96. The van der Waals surface area contributed by atoms with Crippen LogP contribution in [0.1, 0.15) is 30.5 Å². The third kappa shape index (κ3) is 2.90. The molecule has 146 valence electrons. The highest BCUT2D eigenvalue weighted by Gasteiger charge is 2.37. The van der Waals surface area contributed by atoms with E-state index < -0.39 is 0 Å². The van der Waals surface area contributed by atoms with Gasteiger partial charge >= 0.3 is 0 Å². The van der Waals surface area contributed by atoms with Crippen molar-refractivity contribution in [1.29, 1.82) is 0 Å². The Morgan fingerprint density at radius 2 is 1.30 bits per heavy atom. The number of nitrogens with zero attached hydrogens (tertiary/aromatic N) is 1. The molecule has 0 saturated heterocycles. The number of benzene rings is 4. The Kier molecular flexibility index (Phi) is 4.40. The Labute approximate surface area is 178 Å². The first-order valence-electron chi connectivity index (χ1n) is 10.5. The molecule has 0 N–H and O–H groups in total. The second-order valence-electron chi connectivity index (χ2n) is 8.56. The number of aliphatic imine (C=N–C) groups is 1. The van der Waals surface area contributed by atoms with Gasteiger partial charge in [0.2, 0.25) is 0 Å². The third-order valence-electron chi connectivity index (χ3n) is 6.31. The SMILES string of the molecule is C=NCc1cccc(-c2cccc(-c3cccc4c3C(C)(C)c3ccccc3-4)c2)c1. The van der Waals surface area contributed by atoms with Gasteiger partial charge in [-0.15, -0.1) is 0 Å². The molecule has 0 amide bonds. The molecule has 0 unspecified atom stereocenters. The summed E-state index contributed by atoms with van der Waals surface area (Å²) in [6.07, 6.45) is 0. The van der Waals surface area contributed by atoms with Crippen LogP contribution in [0.3, 0.4) is 0 Å². The van der Waals surface area contributed by atoms with Gasteiger partial charge in [0.05, 0.1) is 6.54 Å². The average molecular weight is 388 g/mol. The molecule has 1 heteroatoms. The van der Waals surface area contributed by atoms with Gasteiger partial charge in [0.15, 0.2) is 0 Å². The normalized spacial score (nSPS) is 13.5. The Morgan fingerprint density at radius 1 is 0.667 bits per heavy atom. The van der Waals surface area contributed by atoms with E-state index in [1.54, 1.807) is 0 Å². The Bertz CT molecular complexity index is 1260. The van der Waals surface area contributed by atoms with E-state index in [2.05, 4.69) is 117 Å². The van der Waals surface area contributed by atoms with Crippen LogP contribution in [-0.2, 0) is 12.0 Å². The van der Waals surface area contributed by atoms with Crippen molar-refractivity contribution in [3.05, 3.63) is 108 Å². The molecule has 0 fully saturated rings. The summed E-state index contributed by atoms with van der Waals surface area (Å²) < 4.78 is 0. The maximum absolute atomic E-state index is 4.03. The average Bonchev–Trinajstić information content (AvgIpc) is 3.02. The van der Waals surface area contributed by atoms with Crippen LogP contribution >= 0.6 is 0 Å². The second kappa shape index (κ2) is 7.11. The highest BCUT2D eigenvalue weighted by Crippen LogP contribution is 2.52. The number of hydrogen-bond acceptors (Lipinski definition) is 1. The summed E-state index contributed by atoms with van der Waals surface area (Å²) in [4.78, 5) is 4.03. The number of fused-ring (bicyclic) bond motifs is 3. The van der Waals surface area contributed by atoms with Crippen molar-refractivity contribution in [3.8, 4) is 33.4 Å². The maximum atomic E-state index is 4.03. The van der Waals surface area contributed by atoms with Gasteiger partial charge in [0, 0.05) is 5.41 Å². The first kappa shape index (κ1) is 18.6. The minimum atomic E-state index is -0.0198. The summed E-state index contributed by atoms with van der Waals surface area (Å²) in [7, 11) is 0. The van der Waals surface area contributed by atoms with Gasteiger partial charge < -0.3 is 0 Å². The molecule has 1 aliphatic rings. The highest BCUT2D eigenvalue weighted by atomic mass is 14.7. The van der Waals surface area contributed by atoms with Gasteiger partial charge in [-0.1, -0.05) is 92.7 Å². The first-order valence-corrected chi connectivity index (χ1v) is 10.5. The van der Waals surface area contributed by atoms with Gasteiger partial charge in [-0.25, -0.2) is 0 Å². The molecule has 4 aromatic rings. The van der Waals surface area contributed by atoms with E-state index in [9.17, 15) is 0 Å². The Hall–Kier alpha value is -3.45. The van der Waals surface area contributed by atoms with Gasteiger partial charge in [-0.2, -0.15) is 0 Å². The molecule has 0 atom stereocenters. The molecule has 0 aliphatic heterocycles. The predicted molar refractivity (Wildman–Crippen MR) is 128 cm³/mol. The molecule has 0 saturated carbocycles. The molecular formula is C29H25N. The highest BCUT2D eigenvalue weighted by molar-refractivity contribution is 5.88. The summed E-state index contributed by atoms with van der Waals surface area (Å²) >= 11 is 0. The molecule has 1 aliphatic carbocycles. The van der Waals surface area contributed by atoms with Crippen molar-refractivity contribution in [3.63, 3.8) is 0 Å². The summed E-state index contributed by atoms with van der Waals surface area (Å²) in [5.41, 5.74) is 11.7. The zero-order valence-corrected chi connectivity index (χ0v) is 17.5. The zero-order chi connectivity index (χ0) is 20.7. The van der Waals surface area contributed by atoms with E-state index in [0.29, 0.717) is 6.54 Å². The van der Waals surface area contributed by atoms with Crippen molar-refractivity contribution in [2.75, 3.05) is 0 Å². The molecule has 0 heterocycles. The standard InChI is InChI=1S/C29H25N/c1-29(2)27-16-5-4-13-25(27)26-15-8-14-24(28(26)29)23-12-7-11-22(18-23)21-10-6-9-20(17-21)19-30-3/h4-18H,3,19H2,1-2H3. The van der Waals surface area contributed by atoms with E-state index in [1.807, 2.05) is 0 Å². The van der Waals surface area contributed by atoms with Crippen molar-refractivity contribution >= 4 is 6.72 Å². The van der Waals surface area contributed by atoms with Crippen LogP contribution in [0.15, 0.2) is 96.0 Å². The summed E-state index contributed by atoms with van der Waals surface area (Å²) in [6, 6.07) is 33.0. The minimum absolute atomic E-state index is 0.0198. The van der Waals surface area contributed by atoms with E-state index in [-0.39, 0.29) is 5.41 Å². The van der Waals surface area contributed by atoms with Crippen LogP contribution in [0.25, 0.3) is 33.4 Å². The van der Waals surface area contributed by atoms with Crippen LogP contribution in [0.5, 0.6) is 0 Å². The largest absolute Gasteiger partial charge is 0.296 e. The number of hydrogen-bond donors (Lipinski definition) is 0. The smallest absolute Gasteiger partial charge is 0.0632 e. The van der Waals surface area contributed by atoms with Gasteiger partial charge in [0.25, 0.3) is 0 Å². The van der Waals surface area contributed by atoms with Crippen molar-refractivity contribution < 1.29 is 0 Å². The monoisotopic (exact) mass is 387 g/mol. The molecule has 0 radical (unpaired) electrons. The Balaban J connectivity index is 1.65. The van der Waals surface area contributed by atoms with E-state index in [0.717, 1.165) is 0 Å². The zero-order valence-electron chi connectivity index (χ0n) is 17.5. The van der Waals surface area contributed by atoms with Crippen LogP contribution in [0.4, 0.5) is 0 Å². The first-order chi connectivity index (χ1) is 14.6. The third-order valence-corrected chi connectivity index (χ3v) is 6.31. The fourth-order valence-corrected chi connectivity index (χ4v) is 4.93. The van der Waals surface area contributed by atoms with Crippen molar-refractivity contribution in [1.82, 2.24) is 0 Å². The molecule has 1 nitrogen and oxygen atoms in total. The lowest BCUT2D eigenvalue weighted by atomic mass is 9.78. The lowest BCUT2D eigenvalue weighted by Crippen LogP contribution is -2.16. The van der Waals surface area contributed by atoms with Gasteiger partial charge in [0.1, 0.15) is 0 Å². The molecule has 4 aromatic carbocycles. The van der Waals surface area contributed by atoms with Gasteiger partial charge in [-0.05, 0) is 68.9 Å². The van der Waals surface area contributed by atoms with Crippen LogP contribution in [-0.4, -0.2) is 6.72 Å². The predicted octanol–water partition coefficient (Wildman–Crippen LogP) is 7.53. The second-order valence-corrected chi connectivity index (χ2v) is 8.56. The summed E-state index contributed by atoms with van der Waals surface area (Å²) in [5.74, 6) is 0. The van der Waals surface area contributed by atoms with Crippen molar-refractivity contribution in [2.24, 2.45) is 4.99 Å². The van der Waals surface area contributed by atoms with E-state index in [1.165, 1.54) is 50.1 Å². The van der Waals surface area contributed by atoms with Crippen LogP contribution in [0, 0.1) is 0 Å². The van der Waals surface area contributed by atoms with Crippen LogP contribution in [0.2, 0.25) is 0 Å². The minimum Gasteiger partial charge on any atom is -0.296 e. The lowest BCUT2D eigenvalue weighted by molar-refractivity contribution is 0.662. The fraction of sp³-hybridized carbons (Fsp3) is 0.138. The molecular weight excluding hydrogens is 362 g/mol.